The highest BCUT2D eigenvalue weighted by Crippen LogP contribution is 2.07. The molecule has 14 heavy (non-hydrogen) atoms. The van der Waals surface area contributed by atoms with Crippen LogP contribution in [0.25, 0.3) is 0 Å². The van der Waals surface area contributed by atoms with E-state index >= 15 is 0 Å². The van der Waals surface area contributed by atoms with Crippen molar-refractivity contribution in [3.63, 3.8) is 0 Å². The molecule has 72 valence electrons. The summed E-state index contributed by atoms with van der Waals surface area (Å²) in [6.07, 6.45) is 2.70. The van der Waals surface area contributed by atoms with Crippen LogP contribution in [0.2, 0.25) is 0 Å². The molecule has 0 atom stereocenters. The molecule has 0 saturated carbocycles. The monoisotopic (exact) mass is 193 g/mol. The lowest BCUT2D eigenvalue weighted by molar-refractivity contribution is 0.102. The summed E-state index contributed by atoms with van der Waals surface area (Å²) < 4.78 is 4.54. The van der Waals surface area contributed by atoms with Crippen LogP contribution < -0.4 is 11.1 Å². The minimum atomic E-state index is -0.350. The molecule has 0 aliphatic rings. The Morgan fingerprint density at radius 2 is 2.50 bits per heavy atom. The number of carbonyl (C=O) groups is 1. The van der Waals surface area contributed by atoms with E-state index in [1.165, 1.54) is 18.5 Å². The van der Waals surface area contributed by atoms with Crippen molar-refractivity contribution < 1.29 is 9.32 Å². The van der Waals surface area contributed by atoms with Gasteiger partial charge in [0.05, 0.1) is 6.20 Å². The number of nitrogens with two attached hydrogens (primary N) is 1. The van der Waals surface area contributed by atoms with E-state index in [1.54, 1.807) is 0 Å². The van der Waals surface area contributed by atoms with Gasteiger partial charge in [-0.2, -0.15) is 5.10 Å². The second-order valence-electron chi connectivity index (χ2n) is 2.57. The van der Waals surface area contributed by atoms with Gasteiger partial charge in [-0.05, 0) is 0 Å². The van der Waals surface area contributed by atoms with Crippen LogP contribution in [0.5, 0.6) is 0 Å². The lowest BCUT2D eigenvalue weighted by Crippen LogP contribution is -2.11. The van der Waals surface area contributed by atoms with Gasteiger partial charge in [0.1, 0.15) is 23.5 Å². The van der Waals surface area contributed by atoms with Gasteiger partial charge in [0.15, 0.2) is 0 Å². The third-order valence-corrected chi connectivity index (χ3v) is 1.53. The zero-order valence-electron chi connectivity index (χ0n) is 7.02. The normalized spacial score (nSPS) is 10.0. The van der Waals surface area contributed by atoms with Crippen molar-refractivity contribution >= 4 is 17.4 Å². The Bertz CT molecular complexity index is 433. The zero-order chi connectivity index (χ0) is 9.97. The van der Waals surface area contributed by atoms with E-state index < -0.39 is 0 Å². The zero-order valence-corrected chi connectivity index (χ0v) is 7.02. The maximum Gasteiger partial charge on any atom is 0.273 e. The largest absolute Gasteiger partial charge is 0.382 e. The van der Waals surface area contributed by atoms with Crippen LogP contribution in [-0.2, 0) is 0 Å². The molecule has 0 bridgehead atoms. The van der Waals surface area contributed by atoms with Crippen LogP contribution in [0.3, 0.4) is 0 Å². The summed E-state index contributed by atoms with van der Waals surface area (Å²) >= 11 is 0. The summed E-state index contributed by atoms with van der Waals surface area (Å²) in [6.45, 7) is 0. The summed E-state index contributed by atoms with van der Waals surface area (Å²) in [7, 11) is 0. The number of rotatable bonds is 2. The third kappa shape index (κ3) is 1.56. The van der Waals surface area contributed by atoms with E-state index in [0.29, 0.717) is 5.69 Å². The Hall–Kier alpha value is -2.31. The van der Waals surface area contributed by atoms with Gasteiger partial charge in [0, 0.05) is 6.07 Å². The van der Waals surface area contributed by atoms with E-state index in [-0.39, 0.29) is 17.4 Å². The molecule has 0 spiro atoms. The fourth-order valence-corrected chi connectivity index (χ4v) is 0.919. The first kappa shape index (κ1) is 8.30. The predicted octanol–water partition coefficient (Wildman–Crippen LogP) is 0.232. The number of carbonyl (C=O) groups excluding carboxylic acids is 1. The van der Waals surface area contributed by atoms with Crippen molar-refractivity contribution in [1.82, 2.24) is 15.4 Å². The van der Waals surface area contributed by atoms with Gasteiger partial charge in [-0.15, -0.1) is 0 Å². The van der Waals surface area contributed by atoms with Gasteiger partial charge in [-0.25, -0.2) is 0 Å². The van der Waals surface area contributed by atoms with Crippen molar-refractivity contribution in [3.8, 4) is 0 Å². The molecule has 4 N–H and O–H groups in total. The molecule has 0 aliphatic carbocycles. The molecule has 0 fully saturated rings. The van der Waals surface area contributed by atoms with Gasteiger partial charge >= 0.3 is 0 Å². The molecule has 7 nitrogen and oxygen atoms in total. The average molecular weight is 193 g/mol. The van der Waals surface area contributed by atoms with Crippen LogP contribution >= 0.6 is 0 Å². The highest BCUT2D eigenvalue weighted by atomic mass is 16.5. The van der Waals surface area contributed by atoms with E-state index in [4.69, 9.17) is 5.73 Å². The maximum absolute atomic E-state index is 11.4. The molecule has 0 saturated heterocycles. The first-order chi connectivity index (χ1) is 6.75. The van der Waals surface area contributed by atoms with Crippen molar-refractivity contribution in [3.05, 3.63) is 24.2 Å². The molecule has 0 aliphatic heterocycles. The maximum atomic E-state index is 11.4. The Morgan fingerprint density at radius 1 is 1.64 bits per heavy atom. The molecule has 2 rings (SSSR count). The highest BCUT2D eigenvalue weighted by Gasteiger charge is 2.09. The molecule has 1 amide bonds. The van der Waals surface area contributed by atoms with E-state index in [9.17, 15) is 4.79 Å². The average Bonchev–Trinajstić information content (AvgIpc) is 2.75. The van der Waals surface area contributed by atoms with Crippen LogP contribution in [0.15, 0.2) is 23.0 Å². The Kier molecular flexibility index (Phi) is 1.90. The number of nitrogens with zero attached hydrogens (tertiary/aromatic N) is 2. The topological polar surface area (TPSA) is 110 Å². The molecular formula is C7H7N5O2. The fourth-order valence-electron chi connectivity index (χ4n) is 0.919. The van der Waals surface area contributed by atoms with Crippen molar-refractivity contribution in [2.24, 2.45) is 0 Å². The van der Waals surface area contributed by atoms with Gasteiger partial charge in [0.25, 0.3) is 5.91 Å². The summed E-state index contributed by atoms with van der Waals surface area (Å²) in [6, 6.07) is 1.43. The molecule has 2 aromatic rings. The molecule has 0 unspecified atom stereocenters. The summed E-state index contributed by atoms with van der Waals surface area (Å²) in [5.74, 6) is -0.0853. The Morgan fingerprint density at radius 3 is 3.07 bits per heavy atom. The lowest BCUT2D eigenvalue weighted by atomic mass is 10.4. The summed E-state index contributed by atoms with van der Waals surface area (Å²) in [4.78, 5) is 11.4. The second-order valence-corrected chi connectivity index (χ2v) is 2.57. The predicted molar refractivity (Wildman–Crippen MR) is 47.5 cm³/mol. The molecular weight excluding hydrogens is 186 g/mol. The van der Waals surface area contributed by atoms with E-state index in [0.717, 1.165) is 0 Å². The van der Waals surface area contributed by atoms with Gasteiger partial charge in [-0.1, -0.05) is 5.16 Å². The lowest BCUT2D eigenvalue weighted by Gasteiger charge is -1.96. The van der Waals surface area contributed by atoms with Crippen LogP contribution in [0.4, 0.5) is 11.5 Å². The van der Waals surface area contributed by atoms with Crippen molar-refractivity contribution in [2.75, 3.05) is 11.1 Å². The van der Waals surface area contributed by atoms with Crippen LogP contribution in [0.1, 0.15) is 10.5 Å². The van der Waals surface area contributed by atoms with Crippen LogP contribution in [0, 0.1) is 0 Å². The van der Waals surface area contributed by atoms with Gasteiger partial charge < -0.3 is 15.6 Å². The van der Waals surface area contributed by atoms with E-state index in [1.807, 2.05) is 0 Å². The minimum Gasteiger partial charge on any atom is -0.382 e. The van der Waals surface area contributed by atoms with Gasteiger partial charge in [0.2, 0.25) is 0 Å². The number of amides is 1. The SMILES string of the molecule is Nc1cc(C(=O)Nc2cnoc2)[nH]n1. The number of aromatic amines is 1. The van der Waals surface area contributed by atoms with Crippen molar-refractivity contribution in [2.45, 2.75) is 0 Å². The molecule has 0 aromatic carbocycles. The number of H-pyrrole nitrogens is 1. The molecule has 2 aromatic heterocycles. The summed E-state index contributed by atoms with van der Waals surface area (Å²) in [5.41, 5.74) is 6.09. The molecule has 2 heterocycles. The van der Waals surface area contributed by atoms with E-state index in [2.05, 4.69) is 25.2 Å². The fraction of sp³-hybridized carbons (Fsp3) is 0. The quantitative estimate of drug-likeness (QED) is 0.632. The van der Waals surface area contributed by atoms with Crippen LogP contribution in [-0.4, -0.2) is 21.3 Å². The van der Waals surface area contributed by atoms with Crippen molar-refractivity contribution in [1.29, 1.82) is 0 Å². The molecule has 7 heteroatoms. The smallest absolute Gasteiger partial charge is 0.273 e. The number of hydrogen-bond donors (Lipinski definition) is 3. The number of nitrogens with one attached hydrogen (secondary N) is 2. The second kappa shape index (κ2) is 3.21. The van der Waals surface area contributed by atoms with Gasteiger partial charge in [-0.3, -0.25) is 9.89 Å². The highest BCUT2D eigenvalue weighted by molar-refractivity contribution is 6.03. The Labute approximate surface area is 78.3 Å². The summed E-state index contributed by atoms with van der Waals surface area (Å²) in [5, 5.41) is 12.1. The minimum absolute atomic E-state index is 0.264. The number of aromatic nitrogens is 3. The number of nitrogen functional groups attached to an aromatic ring is 1. The first-order valence-electron chi connectivity index (χ1n) is 3.77. The number of hydrogen-bond acceptors (Lipinski definition) is 5. The standard InChI is InChI=1S/C7H7N5O2/c8-6-1-5(11-12-6)7(13)10-4-2-9-14-3-4/h1-3H,(H,10,13)(H3,8,11,12). The first-order valence-corrected chi connectivity index (χ1v) is 3.77. The Balaban J connectivity index is 2.10. The molecule has 0 radical (unpaired) electrons. The number of anilines is 2. The third-order valence-electron chi connectivity index (χ3n) is 1.53.